The molecule has 0 fully saturated rings. The maximum Gasteiger partial charge on any atom is 0.0476 e. The average molecular weight is 868 g/mol. The largest absolute Gasteiger partial charge is 0.310 e. The van der Waals surface area contributed by atoms with Crippen LogP contribution < -0.4 is 14.7 Å². The van der Waals surface area contributed by atoms with Crippen molar-refractivity contribution in [3.63, 3.8) is 0 Å². The molecule has 0 aliphatic carbocycles. The molecule has 0 spiro atoms. The highest BCUT2D eigenvalue weighted by molar-refractivity contribution is 7.26. The summed E-state index contributed by atoms with van der Waals surface area (Å²) in [6.45, 7) is 0. The third-order valence-electron chi connectivity index (χ3n) is 12.2. The Labute approximate surface area is 386 Å². The van der Waals surface area contributed by atoms with E-state index < -0.39 is 0 Å². The summed E-state index contributed by atoms with van der Waals surface area (Å²) in [4.78, 5) is 7.07. The quantitative estimate of drug-likeness (QED) is 0.136. The van der Waals surface area contributed by atoms with Crippen molar-refractivity contribution < 1.29 is 0 Å². The molecule has 2 aromatic heterocycles. The minimum Gasteiger partial charge on any atom is -0.310 e. The van der Waals surface area contributed by atoms with Gasteiger partial charge in [0.2, 0.25) is 0 Å². The van der Waals surface area contributed by atoms with Gasteiger partial charge in [-0.05, 0) is 139 Å². The van der Waals surface area contributed by atoms with E-state index in [2.05, 4.69) is 263 Å². The zero-order valence-electron chi connectivity index (χ0n) is 35.3. The molecule has 2 heterocycles. The summed E-state index contributed by atoms with van der Waals surface area (Å²) in [7, 11) is 0. The van der Waals surface area contributed by atoms with Crippen LogP contribution >= 0.6 is 22.7 Å². The van der Waals surface area contributed by atoms with Crippen LogP contribution in [0.2, 0.25) is 0 Å². The predicted molar refractivity (Wildman–Crippen MR) is 282 cm³/mol. The molecule has 5 heteroatoms. The summed E-state index contributed by atoms with van der Waals surface area (Å²) in [5.41, 5.74) is 12.4. The van der Waals surface area contributed by atoms with Gasteiger partial charge in [0.05, 0.1) is 0 Å². The number of anilines is 9. The molecule has 10 aromatic carbocycles. The van der Waals surface area contributed by atoms with Crippen LogP contribution in [0.5, 0.6) is 0 Å². The Hall–Kier alpha value is -7.96. The first-order valence-corrected chi connectivity index (χ1v) is 23.5. The van der Waals surface area contributed by atoms with Crippen molar-refractivity contribution in [2.45, 2.75) is 0 Å². The predicted octanol–water partition coefficient (Wildman–Crippen LogP) is 18.5. The highest BCUT2D eigenvalue weighted by Gasteiger charge is 2.19. The summed E-state index contributed by atoms with van der Waals surface area (Å²) in [5, 5.41) is 5.08. The maximum atomic E-state index is 2.42. The number of rotatable bonds is 10. The lowest BCUT2D eigenvalue weighted by atomic mass is 10.0. The molecule has 0 saturated carbocycles. The van der Waals surface area contributed by atoms with Crippen LogP contribution in [0.3, 0.4) is 0 Å². The van der Waals surface area contributed by atoms with Gasteiger partial charge in [0, 0.05) is 91.5 Å². The number of nitrogens with zero attached hydrogens (tertiary/aromatic N) is 3. The van der Waals surface area contributed by atoms with Crippen molar-refractivity contribution >= 4 is 114 Å². The minimum absolute atomic E-state index is 1.10. The van der Waals surface area contributed by atoms with E-state index in [9.17, 15) is 0 Å². The van der Waals surface area contributed by atoms with Crippen LogP contribution in [0.25, 0.3) is 51.5 Å². The average Bonchev–Trinajstić information content (AvgIpc) is 3.93. The molecule has 0 unspecified atom stereocenters. The molecule has 0 aliphatic rings. The standard InChI is InChI=1S/C60H41N3S2/c1-5-17-44(18-6-1)61(45-19-7-2-8-20-45)49-25-15-16-43(38-49)42-28-30-48(31-29-42)63(51-34-36-58-55(40-51)53-26-13-14-27-57(53)64-58)52-32-35-54-56-39-50(33-37-59(56)65-60(54)41-52)62(46-21-9-3-10-22-46)47-23-11-4-12-24-47/h1-41H. The Bertz CT molecular complexity index is 3520. The fraction of sp³-hybridized carbons (Fsp3) is 0. The van der Waals surface area contributed by atoms with Gasteiger partial charge in [-0.2, -0.15) is 0 Å². The third-order valence-corrected chi connectivity index (χ3v) is 14.5. The van der Waals surface area contributed by atoms with E-state index in [1.165, 1.54) is 40.3 Å². The van der Waals surface area contributed by atoms with Gasteiger partial charge in [0.1, 0.15) is 0 Å². The SMILES string of the molecule is c1ccc(N(c2ccccc2)c2cccc(-c3ccc(N(c4ccc5c(c4)sc4ccc(N(c6ccccc6)c6ccccc6)cc45)c4ccc5sc6ccccc6c5c4)cc3)c2)cc1. The van der Waals surface area contributed by atoms with Crippen LogP contribution in [0.1, 0.15) is 0 Å². The third kappa shape index (κ3) is 7.27. The molecule has 12 rings (SSSR count). The lowest BCUT2D eigenvalue weighted by Gasteiger charge is -2.26. The van der Waals surface area contributed by atoms with Crippen molar-refractivity contribution in [2.24, 2.45) is 0 Å². The highest BCUT2D eigenvalue weighted by atomic mass is 32.1. The van der Waals surface area contributed by atoms with E-state index in [0.717, 1.165) is 62.3 Å². The Morgan fingerprint density at radius 1 is 0.200 bits per heavy atom. The van der Waals surface area contributed by atoms with Gasteiger partial charge in [-0.1, -0.05) is 121 Å². The van der Waals surface area contributed by atoms with Crippen LogP contribution in [-0.2, 0) is 0 Å². The first-order valence-electron chi connectivity index (χ1n) is 21.9. The molecule has 3 nitrogen and oxygen atoms in total. The lowest BCUT2D eigenvalue weighted by molar-refractivity contribution is 1.28. The second kappa shape index (κ2) is 16.6. The zero-order chi connectivity index (χ0) is 43.1. The number of thiophene rings is 2. The van der Waals surface area contributed by atoms with Crippen molar-refractivity contribution in [2.75, 3.05) is 14.7 Å². The molecule has 0 N–H and O–H groups in total. The number of hydrogen-bond donors (Lipinski definition) is 0. The van der Waals surface area contributed by atoms with Gasteiger partial charge in [-0.25, -0.2) is 0 Å². The molecule has 0 saturated heterocycles. The summed E-state index contributed by atoms with van der Waals surface area (Å²) in [5.74, 6) is 0. The maximum absolute atomic E-state index is 2.42. The van der Waals surface area contributed by atoms with Gasteiger partial charge in [-0.15, -0.1) is 22.7 Å². The Balaban J connectivity index is 0.953. The van der Waals surface area contributed by atoms with Crippen LogP contribution in [0, 0.1) is 0 Å². The molecule has 65 heavy (non-hydrogen) atoms. The number of benzene rings is 10. The van der Waals surface area contributed by atoms with Gasteiger partial charge in [-0.3, -0.25) is 0 Å². The van der Waals surface area contributed by atoms with Crippen LogP contribution in [0.15, 0.2) is 249 Å². The Morgan fingerprint density at radius 3 is 1.12 bits per heavy atom. The monoisotopic (exact) mass is 867 g/mol. The van der Waals surface area contributed by atoms with E-state index in [0.29, 0.717) is 0 Å². The summed E-state index contributed by atoms with van der Waals surface area (Å²) in [6, 6.07) is 89.9. The normalized spacial score (nSPS) is 11.4. The molecule has 0 aliphatic heterocycles. The summed E-state index contributed by atoms with van der Waals surface area (Å²) in [6.07, 6.45) is 0. The lowest BCUT2D eigenvalue weighted by Crippen LogP contribution is -2.10. The molecule has 308 valence electrons. The molecule has 12 aromatic rings. The van der Waals surface area contributed by atoms with E-state index >= 15 is 0 Å². The molecular formula is C60H41N3S2. The van der Waals surface area contributed by atoms with Crippen molar-refractivity contribution in [3.8, 4) is 11.1 Å². The topological polar surface area (TPSA) is 9.72 Å². The van der Waals surface area contributed by atoms with Gasteiger partial charge in [0.25, 0.3) is 0 Å². The van der Waals surface area contributed by atoms with E-state index in [4.69, 9.17) is 0 Å². The van der Waals surface area contributed by atoms with Crippen molar-refractivity contribution in [1.82, 2.24) is 0 Å². The first kappa shape index (κ1) is 38.7. The fourth-order valence-electron chi connectivity index (χ4n) is 9.16. The minimum atomic E-state index is 1.10. The molecular weight excluding hydrogens is 827 g/mol. The Morgan fingerprint density at radius 2 is 0.569 bits per heavy atom. The van der Waals surface area contributed by atoms with Crippen molar-refractivity contribution in [1.29, 1.82) is 0 Å². The van der Waals surface area contributed by atoms with E-state index in [-0.39, 0.29) is 0 Å². The van der Waals surface area contributed by atoms with Gasteiger partial charge >= 0.3 is 0 Å². The van der Waals surface area contributed by atoms with Crippen molar-refractivity contribution in [3.05, 3.63) is 249 Å². The van der Waals surface area contributed by atoms with Crippen LogP contribution in [0.4, 0.5) is 51.2 Å². The van der Waals surface area contributed by atoms with Crippen LogP contribution in [-0.4, -0.2) is 0 Å². The number of para-hydroxylation sites is 4. The van der Waals surface area contributed by atoms with E-state index in [1.807, 2.05) is 22.7 Å². The Kier molecular flexibility index (Phi) is 9.90. The smallest absolute Gasteiger partial charge is 0.0476 e. The van der Waals surface area contributed by atoms with Gasteiger partial charge in [0.15, 0.2) is 0 Å². The van der Waals surface area contributed by atoms with Gasteiger partial charge < -0.3 is 14.7 Å². The van der Waals surface area contributed by atoms with E-state index in [1.54, 1.807) is 0 Å². The second-order valence-corrected chi connectivity index (χ2v) is 18.4. The molecule has 0 bridgehead atoms. The molecule has 0 radical (unpaired) electrons. The molecule has 0 atom stereocenters. The summed E-state index contributed by atoms with van der Waals surface area (Å²) < 4.78 is 5.12. The molecule has 0 amide bonds. The fourth-order valence-corrected chi connectivity index (χ4v) is 11.4. The zero-order valence-corrected chi connectivity index (χ0v) is 37.0. The number of hydrogen-bond acceptors (Lipinski definition) is 5. The number of fused-ring (bicyclic) bond motifs is 6. The summed E-state index contributed by atoms with van der Waals surface area (Å²) >= 11 is 3.71. The second-order valence-electron chi connectivity index (χ2n) is 16.2. The highest BCUT2D eigenvalue weighted by Crippen LogP contribution is 2.46. The first-order chi connectivity index (χ1) is 32.2.